The first kappa shape index (κ1) is 25.0. The summed E-state index contributed by atoms with van der Waals surface area (Å²) in [6.07, 6.45) is -5.27. The molecular weight excluding hydrogens is 435 g/mol. The number of aliphatic hydroxyl groups is 1. The van der Waals surface area contributed by atoms with Gasteiger partial charge >= 0.3 is 6.18 Å². The van der Waals surface area contributed by atoms with Gasteiger partial charge in [0.1, 0.15) is 18.5 Å². The predicted molar refractivity (Wildman–Crippen MR) is 120 cm³/mol. The summed E-state index contributed by atoms with van der Waals surface area (Å²) >= 11 is 0. The van der Waals surface area contributed by atoms with Crippen LogP contribution in [0.2, 0.25) is 0 Å². The van der Waals surface area contributed by atoms with E-state index in [4.69, 9.17) is 4.74 Å². The van der Waals surface area contributed by atoms with E-state index in [0.29, 0.717) is 39.3 Å². The molecule has 1 amide bonds. The number of amides is 1. The summed E-state index contributed by atoms with van der Waals surface area (Å²) in [6.45, 7) is 7.20. The number of ether oxygens (including phenoxy) is 1. The number of benzene rings is 2. The number of aryl methyl sites for hydroxylation is 2. The number of hydrogen-bond donors (Lipinski definition) is 2. The van der Waals surface area contributed by atoms with Crippen molar-refractivity contribution < 1.29 is 27.8 Å². The largest absolute Gasteiger partial charge is 0.491 e. The van der Waals surface area contributed by atoms with Gasteiger partial charge in [0.15, 0.2) is 0 Å². The van der Waals surface area contributed by atoms with E-state index in [-0.39, 0.29) is 18.3 Å². The Balaban J connectivity index is 1.38. The van der Waals surface area contributed by atoms with Crippen LogP contribution in [0, 0.1) is 13.8 Å². The van der Waals surface area contributed by atoms with Gasteiger partial charge in [-0.2, -0.15) is 13.2 Å². The highest BCUT2D eigenvalue weighted by Crippen LogP contribution is 2.31. The normalized spacial score (nSPS) is 16.4. The Labute approximate surface area is 191 Å². The Hall–Kier alpha value is -2.62. The maximum atomic E-state index is 12.8. The van der Waals surface area contributed by atoms with Crippen LogP contribution in [0.4, 0.5) is 18.9 Å². The molecule has 1 heterocycles. The van der Waals surface area contributed by atoms with Gasteiger partial charge in [0.2, 0.25) is 5.91 Å². The lowest BCUT2D eigenvalue weighted by atomic mass is 10.1. The van der Waals surface area contributed by atoms with Crippen LogP contribution in [0.15, 0.2) is 42.5 Å². The highest BCUT2D eigenvalue weighted by molar-refractivity contribution is 5.93. The molecule has 0 aromatic heterocycles. The second kappa shape index (κ2) is 11.0. The minimum Gasteiger partial charge on any atom is -0.491 e. The summed E-state index contributed by atoms with van der Waals surface area (Å²) in [7, 11) is 0. The predicted octanol–water partition coefficient (Wildman–Crippen LogP) is 3.32. The summed E-state index contributed by atoms with van der Waals surface area (Å²) in [6, 6.07) is 10.5. The van der Waals surface area contributed by atoms with Gasteiger partial charge < -0.3 is 15.2 Å². The molecule has 1 aliphatic heterocycles. The molecule has 1 atom stereocenters. The van der Waals surface area contributed by atoms with Gasteiger partial charge in [-0.05, 0) is 49.2 Å². The highest BCUT2D eigenvalue weighted by Gasteiger charge is 2.30. The summed E-state index contributed by atoms with van der Waals surface area (Å²) in [5, 5.41) is 13.2. The number of nitrogens with zero attached hydrogens (tertiary/aromatic N) is 2. The average Bonchev–Trinajstić information content (AvgIpc) is 2.76. The van der Waals surface area contributed by atoms with Crippen molar-refractivity contribution in [2.75, 3.05) is 51.2 Å². The highest BCUT2D eigenvalue weighted by atomic mass is 19.4. The van der Waals surface area contributed by atoms with Gasteiger partial charge in [-0.25, -0.2) is 0 Å². The Bertz CT molecular complexity index is 944. The van der Waals surface area contributed by atoms with Gasteiger partial charge in [0, 0.05) is 38.4 Å². The van der Waals surface area contributed by atoms with Crippen molar-refractivity contribution in [1.29, 1.82) is 0 Å². The lowest BCUT2D eigenvalue weighted by molar-refractivity contribution is -0.137. The van der Waals surface area contributed by atoms with E-state index in [9.17, 15) is 23.1 Å². The Morgan fingerprint density at radius 3 is 2.48 bits per heavy atom. The molecule has 2 aromatic carbocycles. The number of rotatable bonds is 8. The Morgan fingerprint density at radius 2 is 1.79 bits per heavy atom. The second-order valence-corrected chi connectivity index (χ2v) is 8.43. The van der Waals surface area contributed by atoms with E-state index < -0.39 is 17.8 Å². The second-order valence-electron chi connectivity index (χ2n) is 8.43. The zero-order chi connectivity index (χ0) is 24.0. The molecule has 2 N–H and O–H groups in total. The molecule has 9 heteroatoms. The van der Waals surface area contributed by atoms with E-state index >= 15 is 0 Å². The number of β-amino-alcohol motifs (C(OH)–C–C–N with tert-alkyl or cyclic N) is 1. The summed E-state index contributed by atoms with van der Waals surface area (Å²) in [5.74, 6) is 0.00947. The molecule has 0 aliphatic carbocycles. The molecule has 2 aromatic rings. The molecule has 33 heavy (non-hydrogen) atoms. The van der Waals surface area contributed by atoms with Gasteiger partial charge in [-0.15, -0.1) is 0 Å². The van der Waals surface area contributed by atoms with Crippen molar-refractivity contribution in [1.82, 2.24) is 9.80 Å². The van der Waals surface area contributed by atoms with Crippen LogP contribution in [0.25, 0.3) is 0 Å². The number of aliphatic hydroxyl groups excluding tert-OH is 1. The quantitative estimate of drug-likeness (QED) is 0.626. The molecule has 3 rings (SSSR count). The van der Waals surface area contributed by atoms with E-state index in [1.54, 1.807) is 0 Å². The zero-order valence-electron chi connectivity index (χ0n) is 18.9. The lowest BCUT2D eigenvalue weighted by Gasteiger charge is -2.35. The van der Waals surface area contributed by atoms with Gasteiger partial charge in [-0.1, -0.05) is 18.2 Å². The SMILES string of the molecule is Cc1ccc(C)c(NC(=O)CN2CCN(CC(O)COc3cccc(C(F)(F)F)c3)CC2)c1. The average molecular weight is 466 g/mol. The molecular formula is C24H30F3N3O3. The van der Waals surface area contributed by atoms with E-state index in [2.05, 4.69) is 15.1 Å². The molecule has 180 valence electrons. The van der Waals surface area contributed by atoms with Gasteiger partial charge in [0.25, 0.3) is 0 Å². The first-order valence-electron chi connectivity index (χ1n) is 10.9. The fourth-order valence-electron chi connectivity index (χ4n) is 3.70. The number of carbonyl (C=O) groups is 1. The molecule has 1 unspecified atom stereocenters. The van der Waals surface area contributed by atoms with Crippen molar-refractivity contribution in [3.05, 3.63) is 59.2 Å². The molecule has 1 aliphatic rings. The third-order valence-electron chi connectivity index (χ3n) is 5.57. The maximum Gasteiger partial charge on any atom is 0.416 e. The number of hydrogen-bond acceptors (Lipinski definition) is 5. The van der Waals surface area contributed by atoms with Gasteiger partial charge in [0.05, 0.1) is 12.1 Å². The number of carbonyl (C=O) groups excluding carboxylic acids is 1. The standard InChI is InChI=1S/C24H30F3N3O3/c1-17-6-7-18(2)22(12-17)28-23(32)15-30-10-8-29(9-11-30)14-20(31)16-33-21-5-3-4-19(13-21)24(25,26)27/h3-7,12-13,20,31H,8-11,14-16H2,1-2H3,(H,28,32). The van der Waals surface area contributed by atoms with E-state index in [1.165, 1.54) is 12.1 Å². The fourth-order valence-corrected chi connectivity index (χ4v) is 3.70. The summed E-state index contributed by atoms with van der Waals surface area (Å²) in [4.78, 5) is 16.5. The maximum absolute atomic E-state index is 12.8. The summed E-state index contributed by atoms with van der Waals surface area (Å²) in [5.41, 5.74) is 2.13. The van der Waals surface area contributed by atoms with Crippen molar-refractivity contribution in [3.63, 3.8) is 0 Å². The zero-order valence-corrected chi connectivity index (χ0v) is 18.9. The lowest BCUT2D eigenvalue weighted by Crippen LogP contribution is -2.50. The number of alkyl halides is 3. The Morgan fingerprint density at radius 1 is 1.09 bits per heavy atom. The molecule has 6 nitrogen and oxygen atoms in total. The van der Waals surface area contributed by atoms with Crippen LogP contribution in [0.5, 0.6) is 5.75 Å². The van der Waals surface area contributed by atoms with Gasteiger partial charge in [-0.3, -0.25) is 14.6 Å². The number of halogens is 3. The third-order valence-corrected chi connectivity index (χ3v) is 5.57. The van der Waals surface area contributed by atoms with Crippen LogP contribution in [0.1, 0.15) is 16.7 Å². The first-order chi connectivity index (χ1) is 15.6. The van der Waals surface area contributed by atoms with Crippen molar-refractivity contribution >= 4 is 11.6 Å². The molecule has 0 radical (unpaired) electrons. The smallest absolute Gasteiger partial charge is 0.416 e. The molecule has 1 fully saturated rings. The number of nitrogens with one attached hydrogen (secondary N) is 1. The Kier molecular flexibility index (Phi) is 8.34. The van der Waals surface area contributed by atoms with Crippen LogP contribution >= 0.6 is 0 Å². The van der Waals surface area contributed by atoms with Crippen LogP contribution in [-0.4, -0.2) is 72.8 Å². The molecule has 0 spiro atoms. The minimum atomic E-state index is -4.44. The topological polar surface area (TPSA) is 65.0 Å². The molecule has 0 saturated carbocycles. The number of piperazine rings is 1. The van der Waals surface area contributed by atoms with Crippen LogP contribution in [0.3, 0.4) is 0 Å². The fraction of sp³-hybridized carbons (Fsp3) is 0.458. The van der Waals surface area contributed by atoms with Crippen LogP contribution < -0.4 is 10.1 Å². The van der Waals surface area contributed by atoms with Crippen LogP contribution in [-0.2, 0) is 11.0 Å². The van der Waals surface area contributed by atoms with Crippen molar-refractivity contribution in [3.8, 4) is 5.75 Å². The first-order valence-corrected chi connectivity index (χ1v) is 10.9. The third kappa shape index (κ3) is 7.73. The summed E-state index contributed by atoms with van der Waals surface area (Å²) < 4.78 is 43.7. The van der Waals surface area contributed by atoms with Crippen molar-refractivity contribution in [2.45, 2.75) is 26.1 Å². The van der Waals surface area contributed by atoms with E-state index in [1.807, 2.05) is 32.0 Å². The number of anilines is 1. The van der Waals surface area contributed by atoms with E-state index in [0.717, 1.165) is 28.9 Å². The molecule has 0 bridgehead atoms. The van der Waals surface area contributed by atoms with Crippen molar-refractivity contribution in [2.24, 2.45) is 0 Å². The monoisotopic (exact) mass is 465 g/mol. The molecule has 1 saturated heterocycles. The minimum absolute atomic E-state index is 0.0633.